The molecule has 0 saturated heterocycles. The third-order valence-electron chi connectivity index (χ3n) is 3.58. The molecule has 0 radical (unpaired) electrons. The third-order valence-corrected chi connectivity index (χ3v) is 5.76. The summed E-state index contributed by atoms with van der Waals surface area (Å²) in [6.45, 7) is 2.05. The highest BCUT2D eigenvalue weighted by Crippen LogP contribution is 2.57. The number of thiophene rings is 1. The summed E-state index contributed by atoms with van der Waals surface area (Å²) in [4.78, 5) is 0.621. The SMILES string of the molecule is CCCc1ccc2cc(C3CC3)[s+](C(F)(F)F)c2c1.F[B-](F)(F)F. The Balaban J connectivity index is 0.000000368. The molecule has 1 aliphatic carbocycles. The van der Waals surface area contributed by atoms with Crippen LogP contribution in [0.15, 0.2) is 24.3 Å². The molecule has 1 aromatic carbocycles. The monoisotopic (exact) mass is 372 g/mol. The average Bonchev–Trinajstić information content (AvgIpc) is 3.16. The van der Waals surface area contributed by atoms with Crippen LogP contribution in [0.3, 0.4) is 0 Å². The van der Waals surface area contributed by atoms with E-state index in [4.69, 9.17) is 0 Å². The van der Waals surface area contributed by atoms with Crippen molar-refractivity contribution in [3.05, 3.63) is 34.7 Å². The standard InChI is InChI=1S/C15H16F3S.BF4/c1-2-3-10-4-5-12-9-14(11-6-7-11)19(13(12)8-10)15(16,17)18;2-1(3,4)5/h4-5,8-9,11H,2-3,6-7H2,1H3;/q+1;-1. The van der Waals surface area contributed by atoms with Gasteiger partial charge in [-0.3, -0.25) is 0 Å². The van der Waals surface area contributed by atoms with Gasteiger partial charge in [0, 0.05) is 23.4 Å². The van der Waals surface area contributed by atoms with Crippen LogP contribution >= 0.6 is 10.5 Å². The van der Waals surface area contributed by atoms with Crippen molar-refractivity contribution in [3.8, 4) is 0 Å². The molecule has 3 rings (SSSR count). The largest absolute Gasteiger partial charge is 0.673 e. The molecule has 1 atom stereocenters. The van der Waals surface area contributed by atoms with E-state index < -0.39 is 23.2 Å². The van der Waals surface area contributed by atoms with E-state index in [1.807, 2.05) is 19.1 Å². The number of rotatable bonds is 3. The highest BCUT2D eigenvalue weighted by Gasteiger charge is 2.51. The first-order valence-electron chi connectivity index (χ1n) is 7.53. The van der Waals surface area contributed by atoms with Crippen LogP contribution in [0.1, 0.15) is 42.5 Å². The fraction of sp³-hybridized carbons (Fsp3) is 0.467. The van der Waals surface area contributed by atoms with Crippen LogP contribution < -0.4 is 0 Å². The summed E-state index contributed by atoms with van der Waals surface area (Å²) in [5.74, 6) is 0.173. The highest BCUT2D eigenvalue weighted by atomic mass is 32.2. The third kappa shape index (κ3) is 5.12. The predicted octanol–water partition coefficient (Wildman–Crippen LogP) is 7.20. The van der Waals surface area contributed by atoms with Crippen LogP contribution in [-0.2, 0) is 11.9 Å². The Morgan fingerprint density at radius 3 is 2.12 bits per heavy atom. The van der Waals surface area contributed by atoms with Crippen molar-refractivity contribution in [3.63, 3.8) is 0 Å². The second kappa shape index (κ2) is 6.94. The molecule has 0 amide bonds. The number of hydrogen-bond donors (Lipinski definition) is 0. The van der Waals surface area contributed by atoms with E-state index in [-0.39, 0.29) is 5.92 Å². The molecule has 0 aliphatic heterocycles. The van der Waals surface area contributed by atoms with Crippen molar-refractivity contribution in [2.75, 3.05) is 0 Å². The molecule has 1 unspecified atom stereocenters. The molecule has 9 heteroatoms. The summed E-state index contributed by atoms with van der Waals surface area (Å²) in [6.07, 6.45) is 3.64. The molecule has 2 aromatic rings. The Labute approximate surface area is 137 Å². The van der Waals surface area contributed by atoms with Gasteiger partial charge in [0.05, 0.1) is 10.5 Å². The van der Waals surface area contributed by atoms with E-state index in [1.54, 1.807) is 12.1 Å². The number of alkyl halides is 3. The van der Waals surface area contributed by atoms with Gasteiger partial charge < -0.3 is 17.3 Å². The minimum Gasteiger partial charge on any atom is -0.418 e. The zero-order valence-corrected chi connectivity index (χ0v) is 13.7. The minimum absolute atomic E-state index is 0.173. The Morgan fingerprint density at radius 2 is 1.67 bits per heavy atom. The van der Waals surface area contributed by atoms with Crippen molar-refractivity contribution < 1.29 is 30.4 Å². The van der Waals surface area contributed by atoms with Crippen LogP contribution in [0.5, 0.6) is 0 Å². The van der Waals surface area contributed by atoms with E-state index in [0.717, 1.165) is 36.6 Å². The normalized spacial score (nSPS) is 16.1. The van der Waals surface area contributed by atoms with Gasteiger partial charge in [0.15, 0.2) is 9.58 Å². The predicted molar refractivity (Wildman–Crippen MR) is 83.9 cm³/mol. The summed E-state index contributed by atoms with van der Waals surface area (Å²) >= 11 is 0. The van der Waals surface area contributed by atoms with Crippen molar-refractivity contribution >= 4 is 27.8 Å². The summed E-state index contributed by atoms with van der Waals surface area (Å²) in [5.41, 5.74) is -3.11. The molecule has 0 N–H and O–H groups in total. The minimum atomic E-state index is -6.00. The molecule has 1 aromatic heterocycles. The zero-order chi connectivity index (χ0) is 18.1. The number of fused-ring (bicyclic) bond motifs is 1. The maximum atomic E-state index is 13.4. The Hall–Kier alpha value is -1.25. The quantitative estimate of drug-likeness (QED) is 0.304. The molecule has 1 aliphatic rings. The van der Waals surface area contributed by atoms with Gasteiger partial charge in [0.1, 0.15) is 0 Å². The number of hydrogen-bond acceptors (Lipinski definition) is 0. The van der Waals surface area contributed by atoms with Crippen molar-refractivity contribution in [2.24, 2.45) is 0 Å². The van der Waals surface area contributed by atoms with Crippen molar-refractivity contribution in [2.45, 2.75) is 44.0 Å². The molecular weight excluding hydrogens is 356 g/mol. The molecule has 24 heavy (non-hydrogen) atoms. The van der Waals surface area contributed by atoms with Gasteiger partial charge in [-0.1, -0.05) is 19.4 Å². The van der Waals surface area contributed by atoms with E-state index in [0.29, 0.717) is 9.58 Å². The lowest BCUT2D eigenvalue weighted by molar-refractivity contribution is -0.0867. The summed E-state index contributed by atoms with van der Waals surface area (Å²) in [5, 5.41) is 0.780. The molecular formula is C15H16BF7S. The van der Waals surface area contributed by atoms with Gasteiger partial charge >= 0.3 is 12.8 Å². The number of benzene rings is 1. The average molecular weight is 372 g/mol. The van der Waals surface area contributed by atoms with E-state index in [2.05, 4.69) is 0 Å². The van der Waals surface area contributed by atoms with Gasteiger partial charge in [-0.05, 0) is 30.9 Å². The first-order valence-corrected chi connectivity index (χ1v) is 8.76. The Kier molecular flexibility index (Phi) is 5.52. The first-order chi connectivity index (χ1) is 11.0. The van der Waals surface area contributed by atoms with Crippen LogP contribution in [0.2, 0.25) is 0 Å². The fourth-order valence-corrected chi connectivity index (χ4v) is 4.79. The lowest BCUT2D eigenvalue weighted by Gasteiger charge is -2.00. The smallest absolute Gasteiger partial charge is 0.418 e. The fourth-order valence-electron chi connectivity index (χ4n) is 2.57. The van der Waals surface area contributed by atoms with Gasteiger partial charge in [-0.15, -0.1) is 13.2 Å². The Morgan fingerprint density at radius 1 is 1.08 bits per heavy atom. The summed E-state index contributed by atoms with van der Waals surface area (Å²) in [7, 11) is -7.68. The summed E-state index contributed by atoms with van der Waals surface area (Å²) < 4.78 is 79.6. The van der Waals surface area contributed by atoms with E-state index in [1.165, 1.54) is 0 Å². The van der Waals surface area contributed by atoms with Gasteiger partial charge in [-0.25, -0.2) is 0 Å². The van der Waals surface area contributed by atoms with Gasteiger partial charge in [0.2, 0.25) is 0 Å². The van der Waals surface area contributed by atoms with Crippen LogP contribution in [0, 0.1) is 0 Å². The van der Waals surface area contributed by atoms with Crippen molar-refractivity contribution in [1.82, 2.24) is 0 Å². The lowest BCUT2D eigenvalue weighted by atomic mass is 10.1. The van der Waals surface area contributed by atoms with Gasteiger partial charge in [-0.2, -0.15) is 0 Å². The van der Waals surface area contributed by atoms with Crippen LogP contribution in [-0.4, -0.2) is 7.25 Å². The molecule has 0 nitrogen and oxygen atoms in total. The Bertz CT molecular complexity index is 692. The molecule has 0 spiro atoms. The molecule has 1 heterocycles. The first kappa shape index (κ1) is 19.1. The summed E-state index contributed by atoms with van der Waals surface area (Å²) in [6, 6.07) is 7.40. The van der Waals surface area contributed by atoms with Crippen molar-refractivity contribution in [1.29, 1.82) is 0 Å². The zero-order valence-electron chi connectivity index (χ0n) is 12.8. The van der Waals surface area contributed by atoms with E-state index in [9.17, 15) is 30.4 Å². The molecule has 0 bridgehead atoms. The van der Waals surface area contributed by atoms with E-state index >= 15 is 0 Å². The van der Waals surface area contributed by atoms with Gasteiger partial charge in [0.25, 0.3) is 0 Å². The molecule has 1 fully saturated rings. The maximum Gasteiger partial charge on any atom is 0.673 e. The van der Waals surface area contributed by atoms with Crippen LogP contribution in [0.25, 0.3) is 10.1 Å². The molecule has 134 valence electrons. The lowest BCUT2D eigenvalue weighted by Crippen LogP contribution is -2.02. The van der Waals surface area contributed by atoms with Crippen LogP contribution in [0.4, 0.5) is 30.4 Å². The number of halogens is 7. The molecule has 1 saturated carbocycles. The maximum absolute atomic E-state index is 13.4. The second-order valence-corrected chi connectivity index (χ2v) is 7.68. The number of aryl methyl sites for hydroxylation is 1. The second-order valence-electron chi connectivity index (χ2n) is 5.69. The highest BCUT2D eigenvalue weighted by molar-refractivity contribution is 7.38. The topological polar surface area (TPSA) is 0 Å².